The van der Waals surface area contributed by atoms with E-state index < -0.39 is 5.54 Å². The van der Waals surface area contributed by atoms with Gasteiger partial charge in [-0.25, -0.2) is 4.98 Å². The highest BCUT2D eigenvalue weighted by Crippen LogP contribution is 2.29. The van der Waals surface area contributed by atoms with Crippen molar-refractivity contribution in [1.82, 2.24) is 15.6 Å². The quantitative estimate of drug-likeness (QED) is 0.680. The zero-order valence-electron chi connectivity index (χ0n) is 14.1. The molecule has 4 N–H and O–H groups in total. The Morgan fingerprint density at radius 2 is 2.04 bits per heavy atom. The molecule has 1 fully saturated rings. The van der Waals surface area contributed by atoms with Crippen molar-refractivity contribution in [3.8, 4) is 0 Å². The number of amides is 2. The molecule has 0 unspecified atom stereocenters. The van der Waals surface area contributed by atoms with E-state index in [0.29, 0.717) is 38.0 Å². The van der Waals surface area contributed by atoms with Crippen molar-refractivity contribution in [3.05, 3.63) is 16.1 Å². The minimum atomic E-state index is -0.790. The Morgan fingerprint density at radius 1 is 1.33 bits per heavy atom. The molecule has 1 aliphatic carbocycles. The van der Waals surface area contributed by atoms with Crippen LogP contribution in [0.25, 0.3) is 0 Å². The number of hydrogen-bond acceptors (Lipinski definition) is 5. The SMILES string of the molecule is CCCNC(=O)C1(NC(=O)c2csc(CCN)n2)CCCCC1.Cl. The van der Waals surface area contributed by atoms with Gasteiger partial charge in [-0.05, 0) is 25.8 Å². The molecule has 1 aromatic rings. The van der Waals surface area contributed by atoms with Crippen LogP contribution < -0.4 is 16.4 Å². The molecular weight excluding hydrogens is 348 g/mol. The standard InChI is InChI=1S/C16H26N4O2S.ClH/c1-2-10-18-15(22)16(7-4-3-5-8-16)20-14(21)12-11-23-13(19-12)6-9-17;/h11H,2-10,17H2,1H3,(H,18,22)(H,20,21);1H. The lowest BCUT2D eigenvalue weighted by atomic mass is 9.80. The predicted octanol–water partition coefficient (Wildman–Crippen LogP) is 2.02. The van der Waals surface area contributed by atoms with Crippen molar-refractivity contribution in [3.63, 3.8) is 0 Å². The molecule has 0 bridgehead atoms. The number of carbonyl (C=O) groups excluding carboxylic acids is 2. The van der Waals surface area contributed by atoms with Crippen LogP contribution in [-0.2, 0) is 11.2 Å². The molecule has 2 rings (SSSR count). The maximum absolute atomic E-state index is 12.6. The zero-order valence-corrected chi connectivity index (χ0v) is 15.7. The molecule has 0 atom stereocenters. The molecule has 0 radical (unpaired) electrons. The smallest absolute Gasteiger partial charge is 0.271 e. The predicted molar refractivity (Wildman–Crippen MR) is 98.7 cm³/mol. The fourth-order valence-corrected chi connectivity index (χ4v) is 3.70. The molecule has 0 aromatic carbocycles. The van der Waals surface area contributed by atoms with Crippen LogP contribution in [-0.4, -0.2) is 35.4 Å². The Morgan fingerprint density at radius 3 is 2.67 bits per heavy atom. The number of nitrogens with one attached hydrogen (secondary N) is 2. The molecular formula is C16H27ClN4O2S. The molecule has 1 aromatic heterocycles. The summed E-state index contributed by atoms with van der Waals surface area (Å²) in [5.41, 5.74) is 5.11. The second kappa shape index (κ2) is 9.96. The summed E-state index contributed by atoms with van der Waals surface area (Å²) < 4.78 is 0. The molecule has 1 heterocycles. The second-order valence-corrected chi connectivity index (χ2v) is 6.96. The zero-order chi connectivity index (χ0) is 16.7. The molecule has 136 valence electrons. The van der Waals surface area contributed by atoms with Crippen molar-refractivity contribution in [2.75, 3.05) is 13.1 Å². The molecule has 24 heavy (non-hydrogen) atoms. The van der Waals surface area contributed by atoms with Crippen LogP contribution in [0.15, 0.2) is 5.38 Å². The van der Waals surface area contributed by atoms with Crippen LogP contribution in [0.5, 0.6) is 0 Å². The van der Waals surface area contributed by atoms with E-state index >= 15 is 0 Å². The van der Waals surface area contributed by atoms with Crippen LogP contribution in [0.1, 0.15) is 60.9 Å². The van der Waals surface area contributed by atoms with Gasteiger partial charge >= 0.3 is 0 Å². The normalized spacial score (nSPS) is 16.1. The summed E-state index contributed by atoms with van der Waals surface area (Å²) >= 11 is 1.43. The minimum absolute atomic E-state index is 0. The Balaban J connectivity index is 0.00000288. The number of nitrogens with zero attached hydrogens (tertiary/aromatic N) is 1. The Bertz CT molecular complexity index is 544. The van der Waals surface area contributed by atoms with Crippen molar-refractivity contribution in [2.24, 2.45) is 5.73 Å². The fourth-order valence-electron chi connectivity index (χ4n) is 2.91. The summed E-state index contributed by atoms with van der Waals surface area (Å²) in [5, 5.41) is 8.50. The maximum Gasteiger partial charge on any atom is 0.271 e. The summed E-state index contributed by atoms with van der Waals surface area (Å²) in [4.78, 5) is 29.4. The largest absolute Gasteiger partial charge is 0.354 e. The van der Waals surface area contributed by atoms with E-state index in [1.165, 1.54) is 11.3 Å². The first-order chi connectivity index (χ1) is 11.1. The summed E-state index contributed by atoms with van der Waals surface area (Å²) in [5.74, 6) is -0.331. The van der Waals surface area contributed by atoms with Gasteiger partial charge in [0.05, 0.1) is 5.01 Å². The lowest BCUT2D eigenvalue weighted by Gasteiger charge is -2.36. The van der Waals surface area contributed by atoms with E-state index in [1.54, 1.807) is 5.38 Å². The van der Waals surface area contributed by atoms with Gasteiger partial charge in [0.2, 0.25) is 5.91 Å². The third-order valence-corrected chi connectivity index (χ3v) is 5.08. The average Bonchev–Trinajstić information content (AvgIpc) is 3.02. The van der Waals surface area contributed by atoms with E-state index in [1.807, 2.05) is 6.92 Å². The number of rotatable bonds is 7. The fraction of sp³-hybridized carbons (Fsp3) is 0.688. The van der Waals surface area contributed by atoms with E-state index in [2.05, 4.69) is 15.6 Å². The number of hydrogen-bond donors (Lipinski definition) is 3. The highest BCUT2D eigenvalue weighted by molar-refractivity contribution is 7.09. The van der Waals surface area contributed by atoms with Gasteiger partial charge < -0.3 is 16.4 Å². The van der Waals surface area contributed by atoms with Crippen molar-refractivity contribution in [2.45, 2.75) is 57.4 Å². The molecule has 1 saturated carbocycles. The second-order valence-electron chi connectivity index (χ2n) is 6.02. The molecule has 8 heteroatoms. The van der Waals surface area contributed by atoms with Crippen molar-refractivity contribution >= 4 is 35.6 Å². The summed E-state index contributed by atoms with van der Waals surface area (Å²) in [6.45, 7) is 3.16. The van der Waals surface area contributed by atoms with Crippen LogP contribution in [0.4, 0.5) is 0 Å². The highest BCUT2D eigenvalue weighted by atomic mass is 35.5. The van der Waals surface area contributed by atoms with E-state index in [0.717, 1.165) is 30.7 Å². The van der Waals surface area contributed by atoms with Crippen LogP contribution >= 0.6 is 23.7 Å². The van der Waals surface area contributed by atoms with Gasteiger partial charge in [0.15, 0.2) is 0 Å². The summed E-state index contributed by atoms with van der Waals surface area (Å²) in [6.07, 6.45) is 5.94. The third-order valence-electron chi connectivity index (χ3n) is 4.17. The molecule has 0 saturated heterocycles. The first-order valence-corrected chi connectivity index (χ1v) is 9.24. The van der Waals surface area contributed by atoms with Crippen LogP contribution in [0.2, 0.25) is 0 Å². The first-order valence-electron chi connectivity index (χ1n) is 8.36. The number of carbonyl (C=O) groups is 2. The average molecular weight is 375 g/mol. The lowest BCUT2D eigenvalue weighted by molar-refractivity contribution is -0.128. The summed E-state index contributed by atoms with van der Waals surface area (Å²) in [7, 11) is 0. The van der Waals surface area contributed by atoms with Gasteiger partial charge in [-0.2, -0.15) is 0 Å². The number of thiazole rings is 1. The first kappa shape index (κ1) is 20.9. The molecule has 6 nitrogen and oxygen atoms in total. The van der Waals surface area contributed by atoms with Gasteiger partial charge in [-0.1, -0.05) is 26.2 Å². The van der Waals surface area contributed by atoms with Crippen molar-refractivity contribution in [1.29, 1.82) is 0 Å². The van der Waals surface area contributed by atoms with Crippen LogP contribution in [0.3, 0.4) is 0 Å². The van der Waals surface area contributed by atoms with E-state index in [9.17, 15) is 9.59 Å². The van der Waals surface area contributed by atoms with E-state index in [4.69, 9.17) is 5.73 Å². The van der Waals surface area contributed by atoms with Crippen molar-refractivity contribution < 1.29 is 9.59 Å². The van der Waals surface area contributed by atoms with Gasteiger partial charge in [0.1, 0.15) is 11.2 Å². The van der Waals surface area contributed by atoms with Gasteiger partial charge in [-0.3, -0.25) is 9.59 Å². The molecule has 0 spiro atoms. The van der Waals surface area contributed by atoms with Gasteiger partial charge in [0.25, 0.3) is 5.91 Å². The Kier molecular flexibility index (Phi) is 8.66. The molecule has 1 aliphatic rings. The minimum Gasteiger partial charge on any atom is -0.354 e. The van der Waals surface area contributed by atoms with Gasteiger partial charge in [0, 0.05) is 18.3 Å². The maximum atomic E-state index is 12.6. The number of nitrogens with two attached hydrogens (primary N) is 1. The molecule has 0 aliphatic heterocycles. The topological polar surface area (TPSA) is 97.1 Å². The summed E-state index contributed by atoms with van der Waals surface area (Å²) in [6, 6.07) is 0. The number of aromatic nitrogens is 1. The molecule has 2 amide bonds. The van der Waals surface area contributed by atoms with Crippen LogP contribution in [0, 0.1) is 0 Å². The Labute approximate surface area is 153 Å². The monoisotopic (exact) mass is 374 g/mol. The van der Waals surface area contributed by atoms with E-state index in [-0.39, 0.29) is 24.2 Å². The number of halogens is 1. The lowest BCUT2D eigenvalue weighted by Crippen LogP contribution is -2.59. The highest BCUT2D eigenvalue weighted by Gasteiger charge is 2.41. The van der Waals surface area contributed by atoms with Gasteiger partial charge in [-0.15, -0.1) is 23.7 Å². The third kappa shape index (κ3) is 5.16. The Hall–Kier alpha value is -1.18.